The molecule has 14 heavy (non-hydrogen) atoms. The van der Waals surface area contributed by atoms with E-state index in [1.54, 1.807) is 6.42 Å². The summed E-state index contributed by atoms with van der Waals surface area (Å²) in [6.07, 6.45) is 1.63. The van der Waals surface area contributed by atoms with E-state index < -0.39 is 0 Å². The summed E-state index contributed by atoms with van der Waals surface area (Å²) in [6.45, 7) is 2.65. The fourth-order valence-electron chi connectivity index (χ4n) is 6.99. The van der Waals surface area contributed by atoms with Crippen molar-refractivity contribution in [1.29, 1.82) is 0 Å². The van der Waals surface area contributed by atoms with E-state index in [0.29, 0.717) is 0 Å². The van der Waals surface area contributed by atoms with Gasteiger partial charge in [0.15, 0.2) is 0 Å². The number of hydrogen-bond acceptors (Lipinski definition) is 0. The maximum absolute atomic E-state index is 2.82. The molecule has 0 N–H and O–H groups in total. The summed E-state index contributed by atoms with van der Waals surface area (Å²) in [5.41, 5.74) is 0.782. The Balaban J connectivity index is 1.88. The van der Waals surface area contributed by atoms with Crippen LogP contribution in [-0.4, -0.2) is 7.85 Å². The van der Waals surface area contributed by atoms with Gasteiger partial charge in [0, 0.05) is 7.85 Å². The van der Waals surface area contributed by atoms with E-state index in [1.165, 1.54) is 17.8 Å². The minimum absolute atomic E-state index is 0.782. The molecule has 6 aliphatic carbocycles. The van der Waals surface area contributed by atoms with Crippen molar-refractivity contribution in [2.45, 2.75) is 21.2 Å². The van der Waals surface area contributed by atoms with Gasteiger partial charge in [0.1, 0.15) is 0 Å². The molecule has 0 saturated heterocycles. The minimum atomic E-state index is 0.782. The van der Waals surface area contributed by atoms with Crippen LogP contribution in [0.1, 0.15) is 13.3 Å². The fourth-order valence-corrected chi connectivity index (χ4v) is 11.1. The lowest BCUT2D eigenvalue weighted by Gasteiger charge is -2.40. The van der Waals surface area contributed by atoms with Gasteiger partial charge < -0.3 is 0 Å². The van der Waals surface area contributed by atoms with Gasteiger partial charge in [-0.25, -0.2) is 0 Å². The molecule has 6 rings (SSSR count). The molecule has 0 aromatic heterocycles. The lowest BCUT2D eigenvalue weighted by molar-refractivity contribution is 0.0703. The van der Waals surface area contributed by atoms with Gasteiger partial charge in [-0.15, -0.1) is 0 Å². The van der Waals surface area contributed by atoms with Crippen molar-refractivity contribution < 1.29 is 0 Å². The topological polar surface area (TPSA) is 0 Å². The number of rotatable bonds is 0. The highest BCUT2D eigenvalue weighted by Gasteiger charge is 2.86. The predicted molar refractivity (Wildman–Crippen MR) is 72.8 cm³/mol. The van der Waals surface area contributed by atoms with Crippen molar-refractivity contribution in [3.63, 3.8) is 0 Å². The van der Waals surface area contributed by atoms with Gasteiger partial charge in [-0.05, 0) is 53.3 Å². The Morgan fingerprint density at radius 2 is 1.79 bits per heavy atom. The molecule has 6 bridgehead atoms. The zero-order valence-electron chi connectivity index (χ0n) is 8.16. The third-order valence-corrected chi connectivity index (χ3v) is 10.6. The van der Waals surface area contributed by atoms with Crippen molar-refractivity contribution in [1.82, 2.24) is 0 Å². The van der Waals surface area contributed by atoms with Crippen LogP contribution in [0, 0.1) is 46.8 Å². The number of halogens is 2. The van der Waals surface area contributed by atoms with Gasteiger partial charge >= 0.3 is 0 Å². The molecule has 0 spiro atoms. The lowest BCUT2D eigenvalue weighted by Crippen LogP contribution is -2.37. The average molecular weight is 412 g/mol. The van der Waals surface area contributed by atoms with E-state index in [-0.39, 0.29) is 0 Å². The monoisotopic (exact) mass is 412 g/mol. The molecule has 2 heteroatoms. The van der Waals surface area contributed by atoms with Crippen LogP contribution in [0.25, 0.3) is 0 Å². The molecule has 0 amide bonds. The standard InChI is InChI=1S/C12H14I2/c1-12-8-4-2-3-5(6(4)11(12)14)9(12)10(13)7(3)8/h3-11H,2H2,1H3. The SMILES string of the molecule is CC12C(I)C3C4CC5C3C1C(I)C5C42. The first-order valence-electron chi connectivity index (χ1n) is 5.95. The maximum Gasteiger partial charge on any atom is 0.0203 e. The van der Waals surface area contributed by atoms with Crippen LogP contribution in [0.2, 0.25) is 0 Å². The highest BCUT2D eigenvalue weighted by atomic mass is 127. The molecule has 0 radical (unpaired) electrons. The third-order valence-electron chi connectivity index (χ3n) is 6.84. The molecular formula is C12H14I2. The van der Waals surface area contributed by atoms with E-state index in [2.05, 4.69) is 52.1 Å². The van der Waals surface area contributed by atoms with Crippen LogP contribution in [0.3, 0.4) is 0 Å². The van der Waals surface area contributed by atoms with Crippen molar-refractivity contribution in [3.8, 4) is 0 Å². The van der Waals surface area contributed by atoms with Crippen LogP contribution in [0.5, 0.6) is 0 Å². The second kappa shape index (κ2) is 2.08. The fraction of sp³-hybridized carbons (Fsp3) is 1.00. The molecule has 0 heterocycles. The molecule has 0 aliphatic heterocycles. The summed E-state index contributed by atoms with van der Waals surface area (Å²) in [5.74, 6) is 8.18. The summed E-state index contributed by atoms with van der Waals surface area (Å²) in [4.78, 5) is 0. The first-order chi connectivity index (χ1) is 6.67. The Hall–Kier alpha value is 1.46. The number of alkyl halides is 2. The van der Waals surface area contributed by atoms with Gasteiger partial charge in [0.2, 0.25) is 0 Å². The summed E-state index contributed by atoms with van der Waals surface area (Å²) in [7, 11) is 0. The first-order valence-corrected chi connectivity index (χ1v) is 8.44. The van der Waals surface area contributed by atoms with Gasteiger partial charge in [-0.3, -0.25) is 0 Å². The summed E-state index contributed by atoms with van der Waals surface area (Å²) in [5, 5.41) is 0. The molecule has 76 valence electrons. The summed E-state index contributed by atoms with van der Waals surface area (Å²) < 4.78 is 2.10. The molecule has 6 fully saturated rings. The highest BCUT2D eigenvalue weighted by molar-refractivity contribution is 14.1. The van der Waals surface area contributed by atoms with Crippen LogP contribution >= 0.6 is 45.2 Å². The highest BCUT2D eigenvalue weighted by Crippen LogP contribution is 2.89. The van der Waals surface area contributed by atoms with E-state index in [9.17, 15) is 0 Å². The molecule has 0 aromatic carbocycles. The molecule has 10 unspecified atom stereocenters. The number of hydrogen-bond donors (Lipinski definition) is 0. The Morgan fingerprint density at radius 3 is 2.50 bits per heavy atom. The quantitative estimate of drug-likeness (QED) is 0.423. The zero-order valence-corrected chi connectivity index (χ0v) is 12.5. The van der Waals surface area contributed by atoms with Crippen molar-refractivity contribution in [2.24, 2.45) is 46.8 Å². The first kappa shape index (κ1) is 8.54. The van der Waals surface area contributed by atoms with Gasteiger partial charge in [-0.1, -0.05) is 52.1 Å². The molecular weight excluding hydrogens is 398 g/mol. The Bertz CT molecular complexity index is 348. The van der Waals surface area contributed by atoms with E-state index >= 15 is 0 Å². The van der Waals surface area contributed by atoms with Crippen LogP contribution in [0.4, 0.5) is 0 Å². The zero-order chi connectivity index (χ0) is 9.40. The molecule has 6 aliphatic rings. The maximum atomic E-state index is 2.82. The van der Waals surface area contributed by atoms with E-state index in [0.717, 1.165) is 36.9 Å². The van der Waals surface area contributed by atoms with Crippen molar-refractivity contribution in [3.05, 3.63) is 0 Å². The van der Waals surface area contributed by atoms with Gasteiger partial charge in [0.05, 0.1) is 0 Å². The Kier molecular flexibility index (Phi) is 1.27. The molecule has 0 aromatic rings. The Morgan fingerprint density at radius 1 is 1.00 bits per heavy atom. The normalized spacial score (nSPS) is 85.5. The molecule has 10 atom stereocenters. The van der Waals surface area contributed by atoms with E-state index in [4.69, 9.17) is 0 Å². The van der Waals surface area contributed by atoms with Gasteiger partial charge in [-0.2, -0.15) is 0 Å². The lowest BCUT2D eigenvalue weighted by atomic mass is 9.64. The summed E-state index contributed by atoms with van der Waals surface area (Å²) in [6, 6.07) is 0. The van der Waals surface area contributed by atoms with Crippen LogP contribution in [-0.2, 0) is 0 Å². The van der Waals surface area contributed by atoms with Gasteiger partial charge in [0.25, 0.3) is 0 Å². The van der Waals surface area contributed by atoms with E-state index in [1.807, 2.05) is 0 Å². The molecule has 0 nitrogen and oxygen atoms in total. The second-order valence-electron chi connectivity index (χ2n) is 6.56. The minimum Gasteiger partial charge on any atom is -0.0820 e. The van der Waals surface area contributed by atoms with Crippen LogP contribution in [0.15, 0.2) is 0 Å². The average Bonchev–Trinajstić information content (AvgIpc) is 2.81. The summed E-state index contributed by atoms with van der Waals surface area (Å²) >= 11 is 5.64. The molecule has 6 saturated carbocycles. The van der Waals surface area contributed by atoms with Crippen molar-refractivity contribution >= 4 is 45.2 Å². The van der Waals surface area contributed by atoms with Crippen molar-refractivity contribution in [2.75, 3.05) is 0 Å². The smallest absolute Gasteiger partial charge is 0.0203 e. The largest absolute Gasteiger partial charge is 0.0820 e. The second-order valence-corrected chi connectivity index (χ2v) is 9.34. The predicted octanol–water partition coefficient (Wildman–Crippen LogP) is 3.37. The Labute approximate surface area is 112 Å². The van der Waals surface area contributed by atoms with Crippen LogP contribution < -0.4 is 0 Å². The third kappa shape index (κ3) is 0.519.